The fourth-order valence-electron chi connectivity index (χ4n) is 0.513. The first-order valence-electron chi connectivity index (χ1n) is 3.35. The molecule has 4 heteroatoms. The molecule has 11 heavy (non-hydrogen) atoms. The zero-order chi connectivity index (χ0) is 8.91. The summed E-state index contributed by atoms with van der Waals surface area (Å²) in [5.74, 6) is -0.899. The lowest BCUT2D eigenvalue weighted by atomic mass is 10.0. The highest BCUT2D eigenvalue weighted by molar-refractivity contribution is 7.13. The molecule has 1 atom stereocenters. The smallest absolute Gasteiger partial charge is 0.327 e. The normalized spacial score (nSPS) is 12.3. The fraction of sp³-hybridized carbons (Fsp3) is 0.571. The Morgan fingerprint density at radius 2 is 2.27 bits per heavy atom. The molecule has 0 aromatic carbocycles. The molecular formula is C7H14NO2P. The van der Waals surface area contributed by atoms with Gasteiger partial charge in [-0.25, -0.2) is 4.79 Å². The molecular weight excluding hydrogens is 161 g/mol. The molecule has 0 aliphatic carbocycles. The van der Waals surface area contributed by atoms with Crippen molar-refractivity contribution >= 4 is 15.4 Å². The van der Waals surface area contributed by atoms with Crippen molar-refractivity contribution in [3.8, 4) is 0 Å². The zero-order valence-electron chi connectivity index (χ0n) is 6.79. The molecule has 0 spiro atoms. The Labute approximate surface area is 69.1 Å². The Balaban J connectivity index is 3.78. The first-order chi connectivity index (χ1) is 4.98. The minimum atomic E-state index is -0.899. The molecule has 1 unspecified atom stereocenters. The van der Waals surface area contributed by atoms with Crippen LogP contribution in [0.5, 0.6) is 0 Å². The third-order valence-electron chi connectivity index (χ3n) is 1.28. The number of nitrogens with one attached hydrogen (secondary N) is 1. The number of carboxylic acids is 1. The lowest BCUT2D eigenvalue weighted by molar-refractivity contribution is -0.131. The van der Waals surface area contributed by atoms with Gasteiger partial charge in [0.1, 0.15) is 0 Å². The predicted octanol–water partition coefficient (Wildman–Crippen LogP) is 1.18. The first kappa shape index (κ1) is 10.6. The van der Waals surface area contributed by atoms with E-state index in [-0.39, 0.29) is 5.54 Å². The monoisotopic (exact) mass is 175 g/mol. The summed E-state index contributed by atoms with van der Waals surface area (Å²) in [6.45, 7) is 3.98. The quantitative estimate of drug-likeness (QED) is 0.498. The minimum Gasteiger partial charge on any atom is -0.478 e. The molecule has 3 nitrogen and oxygen atoms in total. The van der Waals surface area contributed by atoms with Crippen molar-refractivity contribution in [1.82, 2.24) is 5.09 Å². The van der Waals surface area contributed by atoms with Crippen LogP contribution in [0.25, 0.3) is 0 Å². The number of rotatable bonds is 4. The first-order valence-corrected chi connectivity index (χ1v) is 3.93. The van der Waals surface area contributed by atoms with Gasteiger partial charge >= 0.3 is 5.97 Å². The van der Waals surface area contributed by atoms with E-state index in [1.165, 1.54) is 0 Å². The molecule has 0 amide bonds. The van der Waals surface area contributed by atoms with Gasteiger partial charge < -0.3 is 5.11 Å². The summed E-state index contributed by atoms with van der Waals surface area (Å²) in [5, 5.41) is 11.3. The van der Waals surface area contributed by atoms with E-state index in [0.717, 1.165) is 6.08 Å². The highest BCUT2D eigenvalue weighted by atomic mass is 31.0. The van der Waals surface area contributed by atoms with E-state index in [2.05, 4.69) is 14.5 Å². The van der Waals surface area contributed by atoms with Crippen LogP contribution in [-0.2, 0) is 4.79 Å². The van der Waals surface area contributed by atoms with E-state index in [4.69, 9.17) is 5.11 Å². The summed E-state index contributed by atoms with van der Waals surface area (Å²) in [5.41, 5.74) is -0.0589. The highest BCUT2D eigenvalue weighted by Crippen LogP contribution is 2.10. The van der Waals surface area contributed by atoms with Gasteiger partial charge in [-0.3, -0.25) is 5.09 Å². The molecule has 0 heterocycles. The van der Waals surface area contributed by atoms with Gasteiger partial charge in [0.25, 0.3) is 0 Å². The second-order valence-corrected chi connectivity index (χ2v) is 3.26. The third-order valence-corrected chi connectivity index (χ3v) is 2.06. The van der Waals surface area contributed by atoms with Crippen LogP contribution in [0.15, 0.2) is 12.2 Å². The Hall–Kier alpha value is -0.400. The molecule has 64 valence electrons. The fourth-order valence-corrected chi connectivity index (χ4v) is 0.631. The largest absolute Gasteiger partial charge is 0.478 e. The molecule has 0 aliphatic heterocycles. The van der Waals surface area contributed by atoms with Gasteiger partial charge in [0.15, 0.2) is 0 Å². The second-order valence-electron chi connectivity index (χ2n) is 2.97. The maximum Gasteiger partial charge on any atom is 0.327 e. The zero-order valence-corrected chi connectivity index (χ0v) is 7.95. The van der Waals surface area contributed by atoms with Gasteiger partial charge in [-0.05, 0) is 20.3 Å². The van der Waals surface area contributed by atoms with E-state index in [0.29, 0.717) is 6.42 Å². The van der Waals surface area contributed by atoms with Gasteiger partial charge in [0.2, 0.25) is 0 Å². The second kappa shape index (κ2) is 4.47. The van der Waals surface area contributed by atoms with Gasteiger partial charge in [-0.15, -0.1) is 0 Å². The van der Waals surface area contributed by atoms with E-state index in [9.17, 15) is 4.79 Å². The van der Waals surface area contributed by atoms with Gasteiger partial charge in [0.05, 0.1) is 0 Å². The molecule has 0 aromatic rings. The summed E-state index contributed by atoms with van der Waals surface area (Å²) in [6, 6.07) is 0. The summed E-state index contributed by atoms with van der Waals surface area (Å²) in [7, 11) is 2.41. The van der Waals surface area contributed by atoms with Gasteiger partial charge in [0, 0.05) is 11.6 Å². The topological polar surface area (TPSA) is 49.3 Å². The molecule has 0 fully saturated rings. The van der Waals surface area contributed by atoms with Gasteiger partial charge in [-0.1, -0.05) is 15.5 Å². The van der Waals surface area contributed by atoms with Crippen LogP contribution in [-0.4, -0.2) is 16.6 Å². The van der Waals surface area contributed by atoms with Crippen molar-refractivity contribution in [2.45, 2.75) is 25.8 Å². The van der Waals surface area contributed by atoms with E-state index in [1.54, 1.807) is 6.08 Å². The molecule has 0 aromatic heterocycles. The Kier molecular flexibility index (Phi) is 4.31. The summed E-state index contributed by atoms with van der Waals surface area (Å²) < 4.78 is 0. The number of carbonyl (C=O) groups is 1. The van der Waals surface area contributed by atoms with Crippen molar-refractivity contribution in [2.75, 3.05) is 0 Å². The lowest BCUT2D eigenvalue weighted by Gasteiger charge is -2.21. The van der Waals surface area contributed by atoms with Crippen LogP contribution in [0.3, 0.4) is 0 Å². The van der Waals surface area contributed by atoms with Crippen LogP contribution in [0.1, 0.15) is 20.3 Å². The predicted molar refractivity (Wildman–Crippen MR) is 48.3 cm³/mol. The number of hydrogen-bond donors (Lipinski definition) is 2. The highest BCUT2D eigenvalue weighted by Gasteiger charge is 2.11. The number of aliphatic carboxylic acids is 1. The van der Waals surface area contributed by atoms with Crippen molar-refractivity contribution < 1.29 is 9.90 Å². The average Bonchev–Trinajstić information content (AvgIpc) is 1.87. The standard InChI is InChI=1S/C7H14NO2P/c1-7(2,8-11)5-3-4-6(9)10/h3-4,8H,5,11H2,1-2H3,(H,9,10)/b4-3+. The summed E-state index contributed by atoms with van der Waals surface area (Å²) in [4.78, 5) is 10.1. The maximum absolute atomic E-state index is 10.1. The molecule has 0 bridgehead atoms. The third kappa shape index (κ3) is 6.02. The van der Waals surface area contributed by atoms with Crippen LogP contribution < -0.4 is 5.09 Å². The van der Waals surface area contributed by atoms with Crippen LogP contribution in [0.4, 0.5) is 0 Å². The summed E-state index contributed by atoms with van der Waals surface area (Å²) >= 11 is 0. The molecule has 0 radical (unpaired) electrons. The average molecular weight is 175 g/mol. The lowest BCUT2D eigenvalue weighted by Crippen LogP contribution is -2.30. The van der Waals surface area contributed by atoms with E-state index >= 15 is 0 Å². The van der Waals surface area contributed by atoms with Crippen molar-refractivity contribution in [1.29, 1.82) is 0 Å². The Bertz CT molecular complexity index is 166. The van der Waals surface area contributed by atoms with Crippen molar-refractivity contribution in [3.05, 3.63) is 12.2 Å². The van der Waals surface area contributed by atoms with Crippen LogP contribution in [0, 0.1) is 0 Å². The molecule has 2 N–H and O–H groups in total. The van der Waals surface area contributed by atoms with E-state index in [1.807, 2.05) is 13.8 Å². The Morgan fingerprint density at radius 1 is 1.73 bits per heavy atom. The molecule has 0 saturated carbocycles. The van der Waals surface area contributed by atoms with E-state index < -0.39 is 5.97 Å². The molecule has 0 saturated heterocycles. The number of carboxylic acid groups (broad SMARTS) is 1. The minimum absolute atomic E-state index is 0.0589. The van der Waals surface area contributed by atoms with Crippen LogP contribution in [0.2, 0.25) is 0 Å². The van der Waals surface area contributed by atoms with Crippen molar-refractivity contribution in [2.24, 2.45) is 0 Å². The Morgan fingerprint density at radius 3 is 2.64 bits per heavy atom. The van der Waals surface area contributed by atoms with Crippen molar-refractivity contribution in [3.63, 3.8) is 0 Å². The van der Waals surface area contributed by atoms with Gasteiger partial charge in [-0.2, -0.15) is 0 Å². The maximum atomic E-state index is 10.1. The number of hydrogen-bond acceptors (Lipinski definition) is 2. The SMILES string of the molecule is CC(C)(C/C=C/C(=O)O)NP. The molecule has 0 aliphatic rings. The van der Waals surface area contributed by atoms with Crippen LogP contribution >= 0.6 is 9.39 Å². The molecule has 0 rings (SSSR count). The summed E-state index contributed by atoms with van der Waals surface area (Å²) in [6.07, 6.45) is 3.49.